The fourth-order valence-electron chi connectivity index (χ4n) is 2.47. The van der Waals surface area contributed by atoms with Gasteiger partial charge in [-0.25, -0.2) is 0 Å². The summed E-state index contributed by atoms with van der Waals surface area (Å²) in [5.41, 5.74) is 1.17. The molecule has 1 rings (SSSR count). The van der Waals surface area contributed by atoms with Gasteiger partial charge in [-0.1, -0.05) is 26.0 Å². The molecule has 0 fully saturated rings. The number of hydrogen-bond donors (Lipinski definition) is 2. The van der Waals surface area contributed by atoms with Crippen LogP contribution in [-0.2, 0) is 20.9 Å². The molecule has 0 saturated carbocycles. The highest BCUT2D eigenvalue weighted by molar-refractivity contribution is 5.88. The first-order valence-electron chi connectivity index (χ1n) is 9.60. The molecule has 0 aliphatic rings. The average Bonchev–Trinajstić information content (AvgIpc) is 2.54. The largest absolute Gasteiger partial charge is 0.460 e. The summed E-state index contributed by atoms with van der Waals surface area (Å²) in [6.45, 7) is 16.3. The Morgan fingerprint density at radius 1 is 1.00 bits per heavy atom. The Labute approximate surface area is 164 Å². The van der Waals surface area contributed by atoms with Crippen molar-refractivity contribution >= 4 is 17.4 Å². The minimum Gasteiger partial charge on any atom is -0.460 e. The molecule has 5 heteroatoms. The third-order valence-electron chi connectivity index (χ3n) is 4.01. The van der Waals surface area contributed by atoms with Gasteiger partial charge >= 0.3 is 5.97 Å². The maximum atomic E-state index is 12.6. The lowest BCUT2D eigenvalue weighted by Gasteiger charge is -2.30. The van der Waals surface area contributed by atoms with E-state index in [9.17, 15) is 9.59 Å². The molecule has 1 aromatic carbocycles. The molecule has 0 aliphatic carbocycles. The van der Waals surface area contributed by atoms with E-state index in [1.807, 2.05) is 45.0 Å². The molecule has 0 bridgehead atoms. The Morgan fingerprint density at radius 2 is 1.56 bits per heavy atom. The lowest BCUT2D eigenvalue weighted by Crippen LogP contribution is -2.51. The second-order valence-electron chi connectivity index (χ2n) is 9.46. The lowest BCUT2D eigenvalue weighted by molar-refractivity contribution is -0.154. The fourth-order valence-corrected chi connectivity index (χ4v) is 2.47. The van der Waals surface area contributed by atoms with Crippen LogP contribution in [0.3, 0.4) is 0 Å². The first-order valence-corrected chi connectivity index (χ1v) is 9.60. The van der Waals surface area contributed by atoms with Gasteiger partial charge in [0.25, 0.3) is 0 Å². The fraction of sp³-hybridized carbons (Fsp3) is 0.636. The van der Waals surface area contributed by atoms with E-state index in [0.29, 0.717) is 0 Å². The van der Waals surface area contributed by atoms with Crippen molar-refractivity contribution in [3.8, 4) is 0 Å². The van der Waals surface area contributed by atoms with E-state index in [1.54, 1.807) is 0 Å². The molecule has 152 valence electrons. The normalized spacial score (nSPS) is 13.4. The minimum absolute atomic E-state index is 0.114. The summed E-state index contributed by atoms with van der Waals surface area (Å²) in [5.74, 6) is 0.142. The number of ether oxygens (including phenoxy) is 1. The zero-order valence-electron chi connectivity index (χ0n) is 18.1. The van der Waals surface area contributed by atoms with Crippen LogP contribution in [0.5, 0.6) is 0 Å². The molecule has 0 heterocycles. The van der Waals surface area contributed by atoms with E-state index in [-0.39, 0.29) is 42.4 Å². The number of carbonyl (C=O) groups is 2. The number of benzene rings is 1. The third kappa shape index (κ3) is 8.57. The van der Waals surface area contributed by atoms with Crippen molar-refractivity contribution < 1.29 is 14.3 Å². The zero-order chi connectivity index (χ0) is 20.8. The van der Waals surface area contributed by atoms with Crippen molar-refractivity contribution in [1.82, 2.24) is 5.32 Å². The molecule has 0 aliphatic heterocycles. The Bertz CT molecular complexity index is 622. The Kier molecular flexibility index (Phi) is 8.03. The van der Waals surface area contributed by atoms with Gasteiger partial charge in [0.05, 0.1) is 18.0 Å². The number of carbonyl (C=O) groups excluding carboxylic acids is 2. The number of nitrogens with one attached hydrogen (secondary N) is 2. The van der Waals surface area contributed by atoms with Gasteiger partial charge in [0.2, 0.25) is 0 Å². The number of esters is 1. The quantitative estimate of drug-likeness (QED) is 0.667. The minimum atomic E-state index is -0.504. The van der Waals surface area contributed by atoms with Crippen LogP contribution in [0, 0.1) is 11.3 Å². The van der Waals surface area contributed by atoms with Gasteiger partial charge in [0.1, 0.15) is 6.61 Å². The average molecular weight is 377 g/mol. The van der Waals surface area contributed by atoms with Crippen LogP contribution in [0.4, 0.5) is 5.69 Å². The molecule has 0 radical (unpaired) electrons. The summed E-state index contributed by atoms with van der Waals surface area (Å²) in [6, 6.07) is 7.41. The third-order valence-corrected chi connectivity index (χ3v) is 4.01. The summed E-state index contributed by atoms with van der Waals surface area (Å²) >= 11 is 0. The van der Waals surface area contributed by atoms with E-state index < -0.39 is 5.41 Å². The number of ketones is 1. The van der Waals surface area contributed by atoms with Gasteiger partial charge in [-0.2, -0.15) is 0 Å². The van der Waals surface area contributed by atoms with Crippen LogP contribution in [0.25, 0.3) is 0 Å². The van der Waals surface area contributed by atoms with E-state index in [2.05, 4.69) is 45.3 Å². The number of anilines is 1. The highest BCUT2D eigenvalue weighted by atomic mass is 16.5. The zero-order valence-corrected chi connectivity index (χ0v) is 18.1. The monoisotopic (exact) mass is 376 g/mol. The van der Waals surface area contributed by atoms with Crippen LogP contribution in [0.2, 0.25) is 0 Å². The molecule has 2 N–H and O–H groups in total. The molecule has 0 amide bonds. The number of rotatable bonds is 8. The van der Waals surface area contributed by atoms with Gasteiger partial charge in [-0.05, 0) is 65.2 Å². The molecular weight excluding hydrogens is 340 g/mol. The van der Waals surface area contributed by atoms with Crippen molar-refractivity contribution in [3.63, 3.8) is 0 Å². The Morgan fingerprint density at radius 3 is 2.00 bits per heavy atom. The van der Waals surface area contributed by atoms with Crippen molar-refractivity contribution in [2.24, 2.45) is 11.3 Å². The standard InChI is InChI=1S/C22H36N2O3/c1-15(2)19(24-22(6,7)8)18(25)13-23-17-11-9-16(10-12-17)14-27-20(26)21(3,4)5/h9-12,15,19,23-24H,13-14H2,1-8H3/t19-/m0/s1. The second kappa shape index (κ2) is 9.36. The predicted octanol–water partition coefficient (Wildman–Crippen LogP) is 4.17. The van der Waals surface area contributed by atoms with Crippen LogP contribution in [0.15, 0.2) is 24.3 Å². The Hall–Kier alpha value is -1.88. The predicted molar refractivity (Wildman–Crippen MR) is 111 cm³/mol. The Balaban J connectivity index is 2.57. The van der Waals surface area contributed by atoms with E-state index in [4.69, 9.17) is 4.74 Å². The molecule has 1 atom stereocenters. The molecule has 27 heavy (non-hydrogen) atoms. The van der Waals surface area contributed by atoms with Gasteiger partial charge in [0.15, 0.2) is 5.78 Å². The topological polar surface area (TPSA) is 67.4 Å². The molecule has 1 aromatic rings. The highest BCUT2D eigenvalue weighted by Gasteiger charge is 2.26. The smallest absolute Gasteiger partial charge is 0.311 e. The van der Waals surface area contributed by atoms with Gasteiger partial charge in [-0.3, -0.25) is 9.59 Å². The molecule has 0 spiro atoms. The van der Waals surface area contributed by atoms with Crippen LogP contribution >= 0.6 is 0 Å². The number of hydrogen-bond acceptors (Lipinski definition) is 5. The summed E-state index contributed by atoms with van der Waals surface area (Å²) in [6.07, 6.45) is 0. The first kappa shape index (κ1) is 23.2. The summed E-state index contributed by atoms with van der Waals surface area (Å²) in [5, 5.41) is 6.59. The second-order valence-corrected chi connectivity index (χ2v) is 9.46. The van der Waals surface area contributed by atoms with Gasteiger partial charge in [-0.15, -0.1) is 0 Å². The summed E-state index contributed by atoms with van der Waals surface area (Å²) in [4.78, 5) is 24.4. The van der Waals surface area contributed by atoms with Crippen LogP contribution in [-0.4, -0.2) is 29.9 Å². The van der Waals surface area contributed by atoms with Crippen LogP contribution in [0.1, 0.15) is 61.0 Å². The van der Waals surface area contributed by atoms with Crippen molar-refractivity contribution in [3.05, 3.63) is 29.8 Å². The molecule has 5 nitrogen and oxygen atoms in total. The van der Waals surface area contributed by atoms with E-state index in [1.165, 1.54) is 0 Å². The molecule has 0 aromatic heterocycles. The van der Waals surface area contributed by atoms with Gasteiger partial charge < -0.3 is 15.4 Å². The first-order chi connectivity index (χ1) is 12.3. The van der Waals surface area contributed by atoms with Gasteiger partial charge in [0, 0.05) is 11.2 Å². The summed E-state index contributed by atoms with van der Waals surface area (Å²) < 4.78 is 5.31. The van der Waals surface area contributed by atoms with Crippen molar-refractivity contribution in [2.75, 3.05) is 11.9 Å². The maximum absolute atomic E-state index is 12.6. The molecule has 0 saturated heterocycles. The van der Waals surface area contributed by atoms with E-state index in [0.717, 1.165) is 11.3 Å². The van der Waals surface area contributed by atoms with Crippen molar-refractivity contribution in [1.29, 1.82) is 0 Å². The SMILES string of the molecule is CC(C)[C@H](NC(C)(C)C)C(=O)CNc1ccc(COC(=O)C(C)(C)C)cc1. The van der Waals surface area contributed by atoms with E-state index >= 15 is 0 Å². The van der Waals surface area contributed by atoms with Crippen LogP contribution < -0.4 is 10.6 Å². The van der Waals surface area contributed by atoms with Crippen molar-refractivity contribution in [2.45, 2.75) is 73.6 Å². The maximum Gasteiger partial charge on any atom is 0.311 e. The molecule has 0 unspecified atom stereocenters. The summed E-state index contributed by atoms with van der Waals surface area (Å²) in [7, 11) is 0. The highest BCUT2D eigenvalue weighted by Crippen LogP contribution is 2.17. The number of Topliss-reactive ketones (excluding diaryl/α,β-unsaturated/α-hetero) is 1. The lowest BCUT2D eigenvalue weighted by atomic mass is 9.96. The molecular formula is C22H36N2O3.